The molecule has 0 spiro atoms. The normalized spacial score (nSPS) is 13.4. The fraction of sp³-hybridized carbons (Fsp3) is 0.923. The van der Waals surface area contributed by atoms with E-state index in [1.807, 2.05) is 34.6 Å². The van der Waals surface area contributed by atoms with Crippen LogP contribution < -0.4 is 11.1 Å². The molecule has 0 aromatic heterocycles. The first kappa shape index (κ1) is 16.2. The van der Waals surface area contributed by atoms with Gasteiger partial charge < -0.3 is 15.8 Å². The van der Waals surface area contributed by atoms with Gasteiger partial charge in [-0.1, -0.05) is 13.8 Å². The highest BCUT2D eigenvalue weighted by atomic mass is 16.6. The Hall–Kier alpha value is -0.770. The Bertz CT molecular complexity index is 265. The molecule has 0 rings (SSSR count). The summed E-state index contributed by atoms with van der Waals surface area (Å²) in [5.41, 5.74) is 4.90. The number of hydrogen-bond donors (Lipinski definition) is 2. The van der Waals surface area contributed by atoms with Crippen LogP contribution >= 0.6 is 0 Å². The lowest BCUT2D eigenvalue weighted by Gasteiger charge is -2.35. The zero-order valence-electron chi connectivity index (χ0n) is 12.3. The number of nitrogens with two attached hydrogens (primary N) is 1. The molecule has 0 aromatic rings. The molecule has 0 aliphatic carbocycles. The number of carbonyl (C=O) groups is 1. The van der Waals surface area contributed by atoms with Crippen molar-refractivity contribution in [3.8, 4) is 0 Å². The fourth-order valence-corrected chi connectivity index (χ4v) is 1.89. The number of carbonyl (C=O) groups excluding carboxylic acids is 1. The van der Waals surface area contributed by atoms with Gasteiger partial charge in [0.25, 0.3) is 0 Å². The minimum atomic E-state index is -0.469. The minimum absolute atomic E-state index is 0.00148. The Balaban J connectivity index is 4.40. The maximum absolute atomic E-state index is 11.7. The molecule has 0 unspecified atom stereocenters. The smallest absolute Gasteiger partial charge is 0.408 e. The fourth-order valence-electron chi connectivity index (χ4n) is 1.89. The summed E-state index contributed by atoms with van der Waals surface area (Å²) < 4.78 is 5.24. The van der Waals surface area contributed by atoms with Crippen LogP contribution in [0.2, 0.25) is 0 Å². The topological polar surface area (TPSA) is 64.3 Å². The molecule has 0 aliphatic rings. The summed E-state index contributed by atoms with van der Waals surface area (Å²) in [6.07, 6.45) is 0.422. The van der Waals surface area contributed by atoms with Crippen LogP contribution in [0.4, 0.5) is 4.79 Å². The summed E-state index contributed by atoms with van der Waals surface area (Å²) in [7, 11) is 0. The molecule has 17 heavy (non-hydrogen) atoms. The van der Waals surface area contributed by atoms with Crippen molar-refractivity contribution < 1.29 is 9.53 Å². The van der Waals surface area contributed by atoms with E-state index < -0.39 is 5.60 Å². The molecule has 0 radical (unpaired) electrons. The maximum Gasteiger partial charge on any atom is 0.408 e. The van der Waals surface area contributed by atoms with Crippen LogP contribution in [0.5, 0.6) is 0 Å². The molecule has 102 valence electrons. The van der Waals surface area contributed by atoms with Crippen LogP contribution in [-0.2, 0) is 4.74 Å². The molecule has 0 saturated carbocycles. The first-order valence-electron chi connectivity index (χ1n) is 6.08. The van der Waals surface area contributed by atoms with Crippen molar-refractivity contribution in [2.45, 2.75) is 66.0 Å². The molecule has 0 aliphatic heterocycles. The van der Waals surface area contributed by atoms with Gasteiger partial charge in [-0.05, 0) is 53.0 Å². The largest absolute Gasteiger partial charge is 0.444 e. The van der Waals surface area contributed by atoms with Crippen molar-refractivity contribution in [1.29, 1.82) is 0 Å². The second-order valence-electron chi connectivity index (χ2n) is 7.06. The predicted molar refractivity (Wildman–Crippen MR) is 70.9 cm³/mol. The quantitative estimate of drug-likeness (QED) is 0.799. The summed E-state index contributed by atoms with van der Waals surface area (Å²) in [6, 6.07) is 0. The van der Waals surface area contributed by atoms with Gasteiger partial charge in [0.15, 0.2) is 0 Å². The van der Waals surface area contributed by atoms with Crippen LogP contribution in [0.3, 0.4) is 0 Å². The second-order valence-corrected chi connectivity index (χ2v) is 7.06. The molecule has 0 saturated heterocycles. The number of hydrogen-bond acceptors (Lipinski definition) is 3. The van der Waals surface area contributed by atoms with E-state index in [9.17, 15) is 4.79 Å². The van der Waals surface area contributed by atoms with E-state index in [0.717, 1.165) is 6.42 Å². The highest BCUT2D eigenvalue weighted by Gasteiger charge is 2.30. The van der Waals surface area contributed by atoms with Gasteiger partial charge in [0, 0.05) is 5.54 Å². The van der Waals surface area contributed by atoms with Crippen molar-refractivity contribution in [1.82, 2.24) is 5.32 Å². The summed E-state index contributed by atoms with van der Waals surface area (Å²) in [5.74, 6) is 0. The van der Waals surface area contributed by atoms with E-state index in [0.29, 0.717) is 6.54 Å². The molecule has 0 fully saturated rings. The van der Waals surface area contributed by atoms with E-state index in [-0.39, 0.29) is 17.0 Å². The van der Waals surface area contributed by atoms with Crippen LogP contribution in [0, 0.1) is 5.41 Å². The molecule has 4 nitrogen and oxygen atoms in total. The van der Waals surface area contributed by atoms with Gasteiger partial charge in [-0.25, -0.2) is 4.79 Å². The minimum Gasteiger partial charge on any atom is -0.444 e. The number of nitrogens with one attached hydrogen (secondary N) is 1. The summed E-state index contributed by atoms with van der Waals surface area (Å²) >= 11 is 0. The average molecular weight is 244 g/mol. The third kappa shape index (κ3) is 8.02. The molecule has 0 heterocycles. The molecule has 1 amide bonds. The number of alkyl carbamates (subject to hydrolysis) is 1. The Labute approximate surface area is 105 Å². The van der Waals surface area contributed by atoms with Gasteiger partial charge in [-0.3, -0.25) is 0 Å². The molecular weight excluding hydrogens is 216 g/mol. The lowest BCUT2D eigenvalue weighted by Crippen LogP contribution is -2.49. The van der Waals surface area contributed by atoms with E-state index in [1.165, 1.54) is 0 Å². The number of ether oxygens (including phenoxy) is 1. The third-order valence-corrected chi connectivity index (χ3v) is 2.31. The maximum atomic E-state index is 11.7. The van der Waals surface area contributed by atoms with Gasteiger partial charge in [0.1, 0.15) is 5.60 Å². The van der Waals surface area contributed by atoms with Crippen molar-refractivity contribution in [3.63, 3.8) is 0 Å². The molecule has 4 heteroatoms. The molecule has 3 N–H and O–H groups in total. The summed E-state index contributed by atoms with van der Waals surface area (Å²) in [4.78, 5) is 11.7. The number of amides is 1. The predicted octanol–water partition coefficient (Wildman–Crippen LogP) is 2.66. The Morgan fingerprint density at radius 3 is 1.94 bits per heavy atom. The van der Waals surface area contributed by atoms with Gasteiger partial charge in [-0.15, -0.1) is 0 Å². The monoisotopic (exact) mass is 244 g/mol. The Kier molecular flexibility index (Phi) is 5.02. The highest BCUT2D eigenvalue weighted by Crippen LogP contribution is 2.26. The van der Waals surface area contributed by atoms with Crippen molar-refractivity contribution in [3.05, 3.63) is 0 Å². The SMILES string of the molecule is CC(C)(CN)CC(C)(C)NC(=O)OC(C)(C)C. The lowest BCUT2D eigenvalue weighted by molar-refractivity contribution is 0.0448. The Morgan fingerprint density at radius 1 is 1.12 bits per heavy atom. The van der Waals surface area contributed by atoms with Crippen LogP contribution in [0.15, 0.2) is 0 Å². The molecular formula is C13H28N2O2. The third-order valence-electron chi connectivity index (χ3n) is 2.31. The molecule has 0 bridgehead atoms. The number of rotatable bonds is 4. The van der Waals surface area contributed by atoms with E-state index in [2.05, 4.69) is 19.2 Å². The summed E-state index contributed by atoms with van der Waals surface area (Å²) in [5, 5.41) is 2.89. The average Bonchev–Trinajstić information content (AvgIpc) is 1.96. The van der Waals surface area contributed by atoms with Crippen LogP contribution in [-0.4, -0.2) is 23.8 Å². The van der Waals surface area contributed by atoms with Gasteiger partial charge in [0.05, 0.1) is 0 Å². The van der Waals surface area contributed by atoms with Crippen LogP contribution in [0.1, 0.15) is 54.9 Å². The first-order valence-corrected chi connectivity index (χ1v) is 6.08. The molecule has 0 atom stereocenters. The van der Waals surface area contributed by atoms with Crippen molar-refractivity contribution in [2.75, 3.05) is 6.54 Å². The van der Waals surface area contributed by atoms with E-state index >= 15 is 0 Å². The summed E-state index contributed by atoms with van der Waals surface area (Å²) in [6.45, 7) is 14.3. The van der Waals surface area contributed by atoms with Gasteiger partial charge in [-0.2, -0.15) is 0 Å². The standard InChI is InChI=1S/C13H28N2O2/c1-11(2,3)17-10(16)15-13(6,7)8-12(4,5)9-14/h8-9,14H2,1-7H3,(H,15,16). The molecule has 0 aromatic carbocycles. The zero-order chi connectivity index (χ0) is 13.9. The second kappa shape index (κ2) is 5.25. The van der Waals surface area contributed by atoms with E-state index in [4.69, 9.17) is 10.5 Å². The van der Waals surface area contributed by atoms with Gasteiger partial charge >= 0.3 is 6.09 Å². The van der Waals surface area contributed by atoms with E-state index in [1.54, 1.807) is 0 Å². The highest BCUT2D eigenvalue weighted by molar-refractivity contribution is 5.68. The first-order chi connectivity index (χ1) is 7.37. The van der Waals surface area contributed by atoms with Crippen molar-refractivity contribution in [2.24, 2.45) is 11.1 Å². The van der Waals surface area contributed by atoms with Gasteiger partial charge in [0.2, 0.25) is 0 Å². The Morgan fingerprint density at radius 2 is 1.59 bits per heavy atom. The lowest BCUT2D eigenvalue weighted by atomic mass is 9.80. The van der Waals surface area contributed by atoms with Crippen molar-refractivity contribution >= 4 is 6.09 Å². The van der Waals surface area contributed by atoms with Crippen LogP contribution in [0.25, 0.3) is 0 Å². The zero-order valence-corrected chi connectivity index (χ0v) is 12.3.